The number of unbranched alkanes of at least 4 members (excludes halogenated alkanes) is 1. The highest BCUT2D eigenvalue weighted by atomic mass is 14.7. The quantitative estimate of drug-likeness (QED) is 0.169. The maximum Gasteiger partial charge on any atom is 0.0416 e. The van der Waals surface area contributed by atoms with Crippen LogP contribution in [-0.2, 0) is 0 Å². The van der Waals surface area contributed by atoms with Crippen LogP contribution in [-0.4, -0.2) is 36.8 Å². The van der Waals surface area contributed by atoms with Crippen molar-refractivity contribution in [3.8, 4) is 0 Å². The molecule has 0 saturated carbocycles. The minimum absolute atomic E-state index is 0.688. The average Bonchev–Trinajstić information content (AvgIpc) is 2.60. The molecule has 0 saturated heterocycles. The van der Waals surface area contributed by atoms with E-state index in [9.17, 15) is 0 Å². The summed E-state index contributed by atoms with van der Waals surface area (Å²) in [7, 11) is 0. The van der Waals surface area contributed by atoms with Crippen molar-refractivity contribution in [2.45, 2.75) is 114 Å². The molecule has 0 N–H and O–H groups in total. The van der Waals surface area contributed by atoms with Crippen LogP contribution in [0, 0.1) is 23.7 Å². The highest BCUT2D eigenvalue weighted by Gasteiger charge is 2.09. The predicted octanol–water partition coefficient (Wildman–Crippen LogP) is 8.07. The maximum absolute atomic E-state index is 4.93. The van der Waals surface area contributed by atoms with E-state index in [4.69, 9.17) is 15.0 Å². The summed E-state index contributed by atoms with van der Waals surface area (Å²) < 4.78 is 0. The standard InChI is InChI=1S/C27H53N3/c1-21(2)17-24(7)28-15-11-10-13-27(20-30-26(9)19-23(5)6)14-12-16-29-25(8)18-22(3)4/h21-23,27H,10-20H2,1-9H3. The van der Waals surface area contributed by atoms with Gasteiger partial charge in [-0.3, -0.25) is 15.0 Å². The van der Waals surface area contributed by atoms with Crippen LogP contribution in [0.4, 0.5) is 0 Å². The van der Waals surface area contributed by atoms with Gasteiger partial charge in [-0.1, -0.05) is 48.0 Å². The van der Waals surface area contributed by atoms with Crippen LogP contribution in [0.25, 0.3) is 0 Å². The van der Waals surface area contributed by atoms with Gasteiger partial charge in [-0.15, -0.1) is 0 Å². The van der Waals surface area contributed by atoms with Crippen molar-refractivity contribution < 1.29 is 0 Å². The molecule has 3 nitrogen and oxygen atoms in total. The molecule has 0 aliphatic heterocycles. The maximum atomic E-state index is 4.93. The minimum Gasteiger partial charge on any atom is -0.294 e. The third kappa shape index (κ3) is 19.0. The van der Waals surface area contributed by atoms with Crippen molar-refractivity contribution in [2.24, 2.45) is 38.6 Å². The Morgan fingerprint density at radius 2 is 0.933 bits per heavy atom. The van der Waals surface area contributed by atoms with E-state index in [0.717, 1.165) is 38.9 Å². The summed E-state index contributed by atoms with van der Waals surface area (Å²) in [4.78, 5) is 14.5. The summed E-state index contributed by atoms with van der Waals surface area (Å²) in [6.45, 7) is 23.1. The molecular weight excluding hydrogens is 366 g/mol. The first-order chi connectivity index (χ1) is 14.1. The summed E-state index contributed by atoms with van der Waals surface area (Å²) >= 11 is 0. The molecule has 0 rings (SSSR count). The van der Waals surface area contributed by atoms with Crippen LogP contribution in [0.2, 0.25) is 0 Å². The van der Waals surface area contributed by atoms with Gasteiger partial charge in [0.05, 0.1) is 0 Å². The minimum atomic E-state index is 0.688. The number of rotatable bonds is 17. The van der Waals surface area contributed by atoms with Gasteiger partial charge in [-0.25, -0.2) is 0 Å². The van der Waals surface area contributed by atoms with Gasteiger partial charge in [0.2, 0.25) is 0 Å². The molecule has 0 aliphatic carbocycles. The van der Waals surface area contributed by atoms with Crippen LogP contribution in [0.5, 0.6) is 0 Å². The fraction of sp³-hybridized carbons (Fsp3) is 0.889. The van der Waals surface area contributed by atoms with Crippen LogP contribution < -0.4 is 0 Å². The lowest BCUT2D eigenvalue weighted by Crippen LogP contribution is -2.09. The highest BCUT2D eigenvalue weighted by Crippen LogP contribution is 2.17. The van der Waals surface area contributed by atoms with Gasteiger partial charge in [-0.05, 0) is 89.4 Å². The topological polar surface area (TPSA) is 37.1 Å². The van der Waals surface area contributed by atoms with Gasteiger partial charge in [0.25, 0.3) is 0 Å². The molecule has 30 heavy (non-hydrogen) atoms. The molecular formula is C27H53N3. The van der Waals surface area contributed by atoms with Crippen molar-refractivity contribution in [1.29, 1.82) is 0 Å². The third-order valence-electron chi connectivity index (χ3n) is 5.28. The molecule has 0 amide bonds. The first-order valence-corrected chi connectivity index (χ1v) is 12.6. The number of nitrogens with zero attached hydrogens (tertiary/aromatic N) is 3. The molecule has 0 aliphatic rings. The molecule has 0 fully saturated rings. The molecule has 1 unspecified atom stereocenters. The molecule has 0 radical (unpaired) electrons. The average molecular weight is 420 g/mol. The van der Waals surface area contributed by atoms with Crippen molar-refractivity contribution in [3.05, 3.63) is 0 Å². The van der Waals surface area contributed by atoms with Gasteiger partial charge >= 0.3 is 0 Å². The van der Waals surface area contributed by atoms with Gasteiger partial charge < -0.3 is 0 Å². The summed E-state index contributed by atoms with van der Waals surface area (Å²) in [6, 6.07) is 0. The molecule has 0 aromatic heterocycles. The smallest absolute Gasteiger partial charge is 0.0416 e. The predicted molar refractivity (Wildman–Crippen MR) is 139 cm³/mol. The Balaban J connectivity index is 4.50. The van der Waals surface area contributed by atoms with Crippen LogP contribution >= 0.6 is 0 Å². The normalized spacial score (nSPS) is 15.0. The van der Waals surface area contributed by atoms with Crippen LogP contribution in [0.15, 0.2) is 15.0 Å². The molecule has 3 heteroatoms. The number of hydrogen-bond donors (Lipinski definition) is 0. The van der Waals surface area contributed by atoms with E-state index < -0.39 is 0 Å². The fourth-order valence-corrected chi connectivity index (χ4v) is 4.04. The Labute approximate surface area is 189 Å². The van der Waals surface area contributed by atoms with E-state index in [2.05, 4.69) is 62.3 Å². The Hall–Kier alpha value is -0.990. The second-order valence-electron chi connectivity index (χ2n) is 10.6. The zero-order valence-corrected chi connectivity index (χ0v) is 21.9. The molecule has 1 atom stereocenters. The summed E-state index contributed by atoms with van der Waals surface area (Å²) in [6.07, 6.45) is 9.53. The lowest BCUT2D eigenvalue weighted by molar-refractivity contribution is 0.431. The number of hydrogen-bond acceptors (Lipinski definition) is 3. The van der Waals surface area contributed by atoms with Crippen LogP contribution in [0.1, 0.15) is 114 Å². The zero-order chi connectivity index (χ0) is 22.9. The lowest BCUT2D eigenvalue weighted by Gasteiger charge is -2.15. The largest absolute Gasteiger partial charge is 0.294 e. The van der Waals surface area contributed by atoms with Gasteiger partial charge in [0.1, 0.15) is 0 Å². The Morgan fingerprint density at radius 3 is 1.40 bits per heavy atom. The first-order valence-electron chi connectivity index (χ1n) is 12.6. The van der Waals surface area contributed by atoms with E-state index in [-0.39, 0.29) is 0 Å². The highest BCUT2D eigenvalue weighted by molar-refractivity contribution is 5.82. The SMILES string of the molecule is CC(CC(C)C)=NCCCCC(CCCN=C(C)CC(C)C)CN=C(C)CC(C)C. The van der Waals surface area contributed by atoms with Crippen molar-refractivity contribution >= 4 is 17.1 Å². The van der Waals surface area contributed by atoms with E-state index in [1.165, 1.54) is 49.2 Å². The summed E-state index contributed by atoms with van der Waals surface area (Å²) in [5.41, 5.74) is 3.93. The van der Waals surface area contributed by atoms with Gasteiger partial charge in [-0.2, -0.15) is 0 Å². The van der Waals surface area contributed by atoms with Crippen molar-refractivity contribution in [1.82, 2.24) is 0 Å². The van der Waals surface area contributed by atoms with E-state index in [0.29, 0.717) is 23.7 Å². The van der Waals surface area contributed by atoms with E-state index in [1.807, 2.05) is 0 Å². The lowest BCUT2D eigenvalue weighted by atomic mass is 9.96. The van der Waals surface area contributed by atoms with Crippen LogP contribution in [0.3, 0.4) is 0 Å². The Kier molecular flexibility index (Phi) is 17.1. The van der Waals surface area contributed by atoms with Crippen molar-refractivity contribution in [3.63, 3.8) is 0 Å². The molecule has 0 bridgehead atoms. The first kappa shape index (κ1) is 29.0. The second kappa shape index (κ2) is 17.7. The van der Waals surface area contributed by atoms with E-state index in [1.54, 1.807) is 0 Å². The third-order valence-corrected chi connectivity index (χ3v) is 5.28. The monoisotopic (exact) mass is 419 g/mol. The number of aliphatic imine (C=N–C) groups is 3. The summed E-state index contributed by atoms with van der Waals surface area (Å²) in [5.74, 6) is 2.79. The molecule has 0 spiro atoms. The molecule has 0 aromatic carbocycles. The Bertz CT molecular complexity index is 512. The molecule has 0 aromatic rings. The van der Waals surface area contributed by atoms with Gasteiger partial charge in [0, 0.05) is 36.8 Å². The molecule has 176 valence electrons. The van der Waals surface area contributed by atoms with E-state index >= 15 is 0 Å². The fourth-order valence-electron chi connectivity index (χ4n) is 4.04. The molecule has 0 heterocycles. The Morgan fingerprint density at radius 1 is 0.533 bits per heavy atom. The second-order valence-corrected chi connectivity index (χ2v) is 10.6. The summed E-state index contributed by atoms with van der Waals surface area (Å²) in [5, 5.41) is 0. The van der Waals surface area contributed by atoms with Gasteiger partial charge in [0.15, 0.2) is 0 Å². The van der Waals surface area contributed by atoms with Crippen molar-refractivity contribution in [2.75, 3.05) is 19.6 Å². The zero-order valence-electron chi connectivity index (χ0n) is 21.9.